The second kappa shape index (κ2) is 4.13. The minimum atomic E-state index is -0.303. The fourth-order valence-electron chi connectivity index (χ4n) is 2.37. The maximum atomic E-state index is 12.8. The van der Waals surface area contributed by atoms with Crippen LogP contribution in [-0.2, 0) is 0 Å². The maximum absolute atomic E-state index is 12.8. The van der Waals surface area contributed by atoms with Crippen LogP contribution >= 0.6 is 0 Å². The fraction of sp³-hybridized carbons (Fsp3) is 0.500. The molecule has 3 heteroatoms. The molecule has 0 aliphatic heterocycles. The molecular weight excluding hydrogens is 217 g/mol. The zero-order valence-electron chi connectivity index (χ0n) is 9.66. The van der Waals surface area contributed by atoms with Gasteiger partial charge in [-0.1, -0.05) is 0 Å². The highest BCUT2D eigenvalue weighted by Crippen LogP contribution is 2.44. The van der Waals surface area contributed by atoms with Gasteiger partial charge in [0.15, 0.2) is 0 Å². The lowest BCUT2D eigenvalue weighted by Gasteiger charge is -2.17. The molecule has 0 aromatic heterocycles. The van der Waals surface area contributed by atoms with Crippen LogP contribution in [0.5, 0.6) is 0 Å². The first-order valence-corrected chi connectivity index (χ1v) is 6.30. The van der Waals surface area contributed by atoms with Crippen molar-refractivity contribution in [2.75, 3.05) is 0 Å². The predicted molar refractivity (Wildman–Crippen MR) is 63.1 cm³/mol. The third-order valence-corrected chi connectivity index (χ3v) is 3.66. The molecule has 17 heavy (non-hydrogen) atoms. The van der Waals surface area contributed by atoms with E-state index in [0.717, 1.165) is 0 Å². The lowest BCUT2D eigenvalue weighted by molar-refractivity contribution is 0.0926. The second-order valence-corrected chi connectivity index (χ2v) is 5.18. The van der Waals surface area contributed by atoms with Crippen molar-refractivity contribution < 1.29 is 9.18 Å². The van der Waals surface area contributed by atoms with Crippen molar-refractivity contribution in [2.45, 2.75) is 31.7 Å². The molecular formula is C14H16FNO. The van der Waals surface area contributed by atoms with E-state index in [9.17, 15) is 9.18 Å². The number of benzene rings is 1. The topological polar surface area (TPSA) is 29.1 Å². The molecule has 0 saturated heterocycles. The number of hydrogen-bond acceptors (Lipinski definition) is 1. The lowest BCUT2D eigenvalue weighted by atomic mass is 10.1. The van der Waals surface area contributed by atoms with Gasteiger partial charge in [0.1, 0.15) is 5.82 Å². The van der Waals surface area contributed by atoms with Gasteiger partial charge in [-0.2, -0.15) is 0 Å². The number of halogens is 1. The smallest absolute Gasteiger partial charge is 0.251 e. The van der Waals surface area contributed by atoms with Crippen molar-refractivity contribution in [3.8, 4) is 0 Å². The lowest BCUT2D eigenvalue weighted by Crippen LogP contribution is -2.38. The number of rotatable bonds is 4. The molecule has 2 aliphatic rings. The molecule has 0 spiro atoms. The first-order valence-electron chi connectivity index (χ1n) is 6.30. The monoisotopic (exact) mass is 233 g/mol. The zero-order chi connectivity index (χ0) is 11.8. The summed E-state index contributed by atoms with van der Waals surface area (Å²) in [5.41, 5.74) is 0.553. The van der Waals surface area contributed by atoms with Gasteiger partial charge in [0, 0.05) is 11.6 Å². The normalized spacial score (nSPS) is 19.4. The Hall–Kier alpha value is -1.38. The van der Waals surface area contributed by atoms with E-state index in [4.69, 9.17) is 0 Å². The minimum absolute atomic E-state index is 0.0613. The summed E-state index contributed by atoms with van der Waals surface area (Å²) in [5, 5.41) is 3.12. The average Bonchev–Trinajstić information content (AvgIpc) is 3.17. The molecule has 2 nitrogen and oxygen atoms in total. The van der Waals surface area contributed by atoms with Gasteiger partial charge in [-0.05, 0) is 61.8 Å². The van der Waals surface area contributed by atoms with Crippen LogP contribution in [0, 0.1) is 17.7 Å². The van der Waals surface area contributed by atoms with E-state index in [1.54, 1.807) is 12.1 Å². The number of amides is 1. The van der Waals surface area contributed by atoms with E-state index in [1.165, 1.54) is 37.8 Å². The Labute approximate surface area is 100 Å². The van der Waals surface area contributed by atoms with Crippen LogP contribution in [0.4, 0.5) is 4.39 Å². The molecule has 0 heterocycles. The van der Waals surface area contributed by atoms with E-state index in [2.05, 4.69) is 5.32 Å². The second-order valence-electron chi connectivity index (χ2n) is 5.18. The van der Waals surface area contributed by atoms with Crippen molar-refractivity contribution in [3.05, 3.63) is 35.6 Å². The number of carbonyl (C=O) groups is 1. The highest BCUT2D eigenvalue weighted by Gasteiger charge is 2.42. The van der Waals surface area contributed by atoms with Crippen molar-refractivity contribution in [1.82, 2.24) is 5.32 Å². The highest BCUT2D eigenvalue weighted by molar-refractivity contribution is 5.94. The van der Waals surface area contributed by atoms with Crippen LogP contribution in [0.15, 0.2) is 24.3 Å². The van der Waals surface area contributed by atoms with Gasteiger partial charge in [0.05, 0.1) is 0 Å². The Bertz CT molecular complexity index is 408. The van der Waals surface area contributed by atoms with Gasteiger partial charge >= 0.3 is 0 Å². The zero-order valence-corrected chi connectivity index (χ0v) is 9.66. The van der Waals surface area contributed by atoms with Crippen LogP contribution in [0.3, 0.4) is 0 Å². The molecule has 1 N–H and O–H groups in total. The summed E-state index contributed by atoms with van der Waals surface area (Å²) in [6, 6.07) is 6.10. The quantitative estimate of drug-likeness (QED) is 0.851. The molecule has 0 bridgehead atoms. The third-order valence-electron chi connectivity index (χ3n) is 3.66. The Balaban J connectivity index is 1.67. The highest BCUT2D eigenvalue weighted by atomic mass is 19.1. The van der Waals surface area contributed by atoms with Crippen molar-refractivity contribution in [3.63, 3.8) is 0 Å². The molecule has 2 aliphatic carbocycles. The van der Waals surface area contributed by atoms with Gasteiger partial charge < -0.3 is 5.32 Å². The van der Waals surface area contributed by atoms with E-state index >= 15 is 0 Å². The summed E-state index contributed by atoms with van der Waals surface area (Å²) >= 11 is 0. The first-order chi connectivity index (χ1) is 8.24. The Morgan fingerprint density at radius 2 is 1.65 bits per heavy atom. The first kappa shape index (κ1) is 10.8. The molecule has 0 radical (unpaired) electrons. The summed E-state index contributed by atoms with van der Waals surface area (Å²) < 4.78 is 12.8. The summed E-state index contributed by atoms with van der Waals surface area (Å²) in [4.78, 5) is 12.0. The van der Waals surface area contributed by atoms with Gasteiger partial charge in [-0.25, -0.2) is 4.39 Å². The third kappa shape index (κ3) is 2.48. The summed E-state index contributed by atoms with van der Waals surface area (Å²) in [5.74, 6) is 1.01. The molecule has 1 amide bonds. The van der Waals surface area contributed by atoms with Gasteiger partial charge in [0.25, 0.3) is 5.91 Å². The Morgan fingerprint density at radius 3 is 2.12 bits per heavy atom. The molecule has 1 aromatic rings. The SMILES string of the molecule is O=C(NC(C1CC1)C1CC1)c1ccc(F)cc1. The van der Waals surface area contributed by atoms with Gasteiger partial charge in [0.2, 0.25) is 0 Å². The van der Waals surface area contributed by atoms with Crippen LogP contribution in [0.25, 0.3) is 0 Å². The van der Waals surface area contributed by atoms with Crippen LogP contribution in [0.1, 0.15) is 36.0 Å². The van der Waals surface area contributed by atoms with Crippen LogP contribution in [-0.4, -0.2) is 11.9 Å². The predicted octanol–water partition coefficient (Wildman–Crippen LogP) is 2.74. The number of carbonyl (C=O) groups excluding carboxylic acids is 1. The van der Waals surface area contributed by atoms with Crippen molar-refractivity contribution in [1.29, 1.82) is 0 Å². The molecule has 90 valence electrons. The van der Waals surface area contributed by atoms with E-state index in [1.807, 2.05) is 0 Å². The molecule has 2 saturated carbocycles. The average molecular weight is 233 g/mol. The number of nitrogens with one attached hydrogen (secondary N) is 1. The molecule has 1 aromatic carbocycles. The summed E-state index contributed by atoms with van der Waals surface area (Å²) in [6.07, 6.45) is 4.96. The van der Waals surface area contributed by atoms with Crippen molar-refractivity contribution in [2.24, 2.45) is 11.8 Å². The maximum Gasteiger partial charge on any atom is 0.251 e. The number of hydrogen-bond donors (Lipinski definition) is 1. The largest absolute Gasteiger partial charge is 0.349 e. The summed E-state index contributed by atoms with van der Waals surface area (Å²) in [6.45, 7) is 0. The van der Waals surface area contributed by atoms with E-state index in [-0.39, 0.29) is 11.7 Å². The van der Waals surface area contributed by atoms with Crippen LogP contribution < -0.4 is 5.32 Å². The molecule has 0 unspecified atom stereocenters. The minimum Gasteiger partial charge on any atom is -0.349 e. The van der Waals surface area contributed by atoms with Gasteiger partial charge in [-0.3, -0.25) is 4.79 Å². The van der Waals surface area contributed by atoms with E-state index < -0.39 is 0 Å². The van der Waals surface area contributed by atoms with Crippen LogP contribution in [0.2, 0.25) is 0 Å². The van der Waals surface area contributed by atoms with Crippen molar-refractivity contribution >= 4 is 5.91 Å². The molecule has 3 rings (SSSR count). The van der Waals surface area contributed by atoms with E-state index in [0.29, 0.717) is 23.4 Å². The fourth-order valence-corrected chi connectivity index (χ4v) is 2.37. The Morgan fingerprint density at radius 1 is 1.12 bits per heavy atom. The van der Waals surface area contributed by atoms with Gasteiger partial charge in [-0.15, -0.1) is 0 Å². The molecule has 2 fully saturated rings. The molecule has 0 atom stereocenters. The standard InChI is InChI=1S/C14H16FNO/c15-12-7-5-11(6-8-12)14(17)16-13(9-1-2-9)10-3-4-10/h5-10,13H,1-4H2,(H,16,17). The Kier molecular flexibility index (Phi) is 2.61. The summed E-state index contributed by atoms with van der Waals surface area (Å²) in [7, 11) is 0.